The van der Waals surface area contributed by atoms with Gasteiger partial charge in [0.1, 0.15) is 0 Å². The Morgan fingerprint density at radius 1 is 1.06 bits per heavy atom. The van der Waals surface area contributed by atoms with Crippen molar-refractivity contribution in [1.82, 2.24) is 0 Å². The third-order valence-electron chi connectivity index (χ3n) is 2.67. The quantitative estimate of drug-likeness (QED) is 0.440. The van der Waals surface area contributed by atoms with Crippen molar-refractivity contribution in [3.8, 4) is 5.75 Å². The summed E-state index contributed by atoms with van der Waals surface area (Å²) in [6.45, 7) is 0. The zero-order valence-corrected chi connectivity index (χ0v) is 10.0. The molecule has 0 atom stereocenters. The van der Waals surface area contributed by atoms with Gasteiger partial charge in [-0.15, -0.1) is 0 Å². The second-order valence-electron chi connectivity index (χ2n) is 3.93. The van der Waals surface area contributed by atoms with Gasteiger partial charge in [0.15, 0.2) is 5.75 Å². The molecule has 1 aromatic rings. The minimum Gasteiger partial charge on any atom is -0.339 e. The van der Waals surface area contributed by atoms with Crippen LogP contribution in [-0.4, -0.2) is 5.25 Å². The molecule has 1 aromatic carbocycles. The number of nitrogens with zero attached hydrogens (tertiary/aromatic N) is 2. The van der Waals surface area contributed by atoms with E-state index in [0.717, 1.165) is 5.75 Å². The Bertz CT molecular complexity index is 323. The highest BCUT2D eigenvalue weighted by Gasteiger charge is 2.13. The van der Waals surface area contributed by atoms with Gasteiger partial charge in [0.05, 0.1) is 0 Å². The number of hydrogen-bond acceptors (Lipinski definition) is 4. The van der Waals surface area contributed by atoms with Crippen LogP contribution in [0.4, 0.5) is 0 Å². The van der Waals surface area contributed by atoms with Gasteiger partial charge in [-0.25, -0.2) is 0 Å². The van der Waals surface area contributed by atoms with E-state index in [1.165, 1.54) is 32.1 Å². The van der Waals surface area contributed by atoms with E-state index in [0.29, 0.717) is 5.25 Å². The van der Waals surface area contributed by atoms with Gasteiger partial charge in [0.2, 0.25) is 0 Å². The van der Waals surface area contributed by atoms with E-state index in [9.17, 15) is 0 Å². The fraction of sp³-hybridized carbons (Fsp3) is 0.500. The van der Waals surface area contributed by atoms with E-state index < -0.39 is 0 Å². The van der Waals surface area contributed by atoms with Crippen molar-refractivity contribution in [2.24, 2.45) is 9.80 Å². The molecule has 0 amide bonds. The summed E-state index contributed by atoms with van der Waals surface area (Å²) in [4.78, 5) is 5.13. The molecule has 4 heteroatoms. The molecular weight excluding hydrogens is 220 g/mol. The maximum atomic E-state index is 5.13. The van der Waals surface area contributed by atoms with Crippen LogP contribution >= 0.6 is 11.9 Å². The molecular formula is C12H16N2OS. The summed E-state index contributed by atoms with van der Waals surface area (Å²) in [5.41, 5.74) is 0. The number of hydrogen-bond donors (Lipinski definition) is 0. The van der Waals surface area contributed by atoms with Crippen LogP contribution < -0.4 is 4.84 Å². The van der Waals surface area contributed by atoms with Crippen molar-refractivity contribution in [2.45, 2.75) is 37.4 Å². The van der Waals surface area contributed by atoms with Gasteiger partial charge >= 0.3 is 0 Å². The Labute approximate surface area is 100 Å². The third kappa shape index (κ3) is 3.85. The van der Waals surface area contributed by atoms with Crippen LogP contribution in [-0.2, 0) is 0 Å². The summed E-state index contributed by atoms with van der Waals surface area (Å²) in [5, 5.41) is 4.36. The standard InChI is InChI=1S/C12H16N2OS/c1-3-7-11(8-4-1)15-13-14-16-12-9-5-2-6-10-12/h1,3-4,7-8,12H,2,5-6,9-10H2. The maximum Gasteiger partial charge on any atom is 0.159 e. The number of benzene rings is 1. The Morgan fingerprint density at radius 3 is 2.56 bits per heavy atom. The van der Waals surface area contributed by atoms with Gasteiger partial charge in [0, 0.05) is 22.5 Å². The van der Waals surface area contributed by atoms with Crippen LogP contribution in [0.25, 0.3) is 0 Å². The van der Waals surface area contributed by atoms with Gasteiger partial charge in [-0.3, -0.25) is 0 Å². The van der Waals surface area contributed by atoms with E-state index in [1.807, 2.05) is 30.3 Å². The topological polar surface area (TPSA) is 34.0 Å². The molecule has 1 aliphatic carbocycles. The van der Waals surface area contributed by atoms with Crippen LogP contribution in [0.1, 0.15) is 32.1 Å². The highest BCUT2D eigenvalue weighted by Crippen LogP contribution is 2.28. The fourth-order valence-corrected chi connectivity index (χ4v) is 2.55. The monoisotopic (exact) mass is 236 g/mol. The summed E-state index contributed by atoms with van der Waals surface area (Å²) < 4.78 is 4.01. The molecule has 1 fully saturated rings. The first-order valence-corrected chi connectivity index (χ1v) is 6.57. The molecule has 0 radical (unpaired) electrons. The Kier molecular flexibility index (Phi) is 4.68. The molecule has 1 saturated carbocycles. The lowest BCUT2D eigenvalue weighted by Gasteiger charge is -2.17. The average molecular weight is 236 g/mol. The minimum atomic E-state index is 0.636. The van der Waals surface area contributed by atoms with Crippen molar-refractivity contribution in [1.29, 1.82) is 0 Å². The van der Waals surface area contributed by atoms with Gasteiger partial charge < -0.3 is 4.84 Å². The summed E-state index contributed by atoms with van der Waals surface area (Å²) in [7, 11) is 0. The van der Waals surface area contributed by atoms with Crippen molar-refractivity contribution < 1.29 is 4.84 Å². The van der Waals surface area contributed by atoms with Crippen molar-refractivity contribution in [2.75, 3.05) is 0 Å². The van der Waals surface area contributed by atoms with Crippen molar-refractivity contribution >= 4 is 11.9 Å². The Morgan fingerprint density at radius 2 is 1.81 bits per heavy atom. The first-order chi connectivity index (χ1) is 7.95. The smallest absolute Gasteiger partial charge is 0.159 e. The molecule has 0 spiro atoms. The van der Waals surface area contributed by atoms with E-state index in [2.05, 4.69) is 9.80 Å². The molecule has 0 aromatic heterocycles. The Hall–Kier alpha value is -1.03. The van der Waals surface area contributed by atoms with E-state index >= 15 is 0 Å². The zero-order valence-electron chi connectivity index (χ0n) is 9.21. The molecule has 2 rings (SSSR count). The Balaban J connectivity index is 1.69. The predicted molar refractivity (Wildman–Crippen MR) is 66.4 cm³/mol. The second-order valence-corrected chi connectivity index (χ2v) is 4.97. The first kappa shape index (κ1) is 11.5. The van der Waals surface area contributed by atoms with Crippen LogP contribution in [0.5, 0.6) is 5.75 Å². The first-order valence-electron chi connectivity index (χ1n) is 5.73. The lowest BCUT2D eigenvalue weighted by atomic mass is 10.0. The van der Waals surface area contributed by atoms with Gasteiger partial charge in [-0.05, 0) is 25.0 Å². The van der Waals surface area contributed by atoms with Crippen LogP contribution in [0, 0.1) is 0 Å². The molecule has 0 heterocycles. The summed E-state index contributed by atoms with van der Waals surface area (Å²) in [5.74, 6) is 0.732. The van der Waals surface area contributed by atoms with Gasteiger partial charge in [-0.1, -0.05) is 42.0 Å². The second kappa shape index (κ2) is 6.53. The van der Waals surface area contributed by atoms with Crippen LogP contribution in [0.15, 0.2) is 40.1 Å². The molecule has 0 unspecified atom stereocenters. The summed E-state index contributed by atoms with van der Waals surface area (Å²) in [6.07, 6.45) is 6.54. The van der Waals surface area contributed by atoms with E-state index in [4.69, 9.17) is 4.84 Å². The third-order valence-corrected chi connectivity index (χ3v) is 3.60. The summed E-state index contributed by atoms with van der Waals surface area (Å²) >= 11 is 1.55. The summed E-state index contributed by atoms with van der Waals surface area (Å²) in [6, 6.07) is 9.51. The van der Waals surface area contributed by atoms with Gasteiger partial charge in [-0.2, -0.15) is 0 Å². The minimum absolute atomic E-state index is 0.636. The molecule has 0 N–H and O–H groups in total. The predicted octanol–water partition coefficient (Wildman–Crippen LogP) is 4.41. The zero-order chi connectivity index (χ0) is 11.1. The largest absolute Gasteiger partial charge is 0.339 e. The number of rotatable bonds is 4. The van der Waals surface area contributed by atoms with Crippen LogP contribution in [0.2, 0.25) is 0 Å². The van der Waals surface area contributed by atoms with Crippen molar-refractivity contribution in [3.05, 3.63) is 30.3 Å². The molecule has 16 heavy (non-hydrogen) atoms. The molecule has 0 saturated heterocycles. The van der Waals surface area contributed by atoms with Crippen LogP contribution in [0.3, 0.4) is 0 Å². The van der Waals surface area contributed by atoms with E-state index in [-0.39, 0.29) is 0 Å². The van der Waals surface area contributed by atoms with E-state index in [1.54, 1.807) is 11.9 Å². The fourth-order valence-electron chi connectivity index (χ4n) is 1.80. The number of para-hydroxylation sites is 1. The lowest BCUT2D eigenvalue weighted by Crippen LogP contribution is -2.06. The highest BCUT2D eigenvalue weighted by atomic mass is 32.2. The molecule has 3 nitrogen and oxygen atoms in total. The van der Waals surface area contributed by atoms with Crippen molar-refractivity contribution in [3.63, 3.8) is 0 Å². The average Bonchev–Trinajstić information content (AvgIpc) is 2.37. The molecule has 0 bridgehead atoms. The van der Waals surface area contributed by atoms with Gasteiger partial charge in [0.25, 0.3) is 0 Å². The molecule has 1 aliphatic rings. The lowest BCUT2D eigenvalue weighted by molar-refractivity contribution is 0.317. The maximum absolute atomic E-state index is 5.13. The highest BCUT2D eigenvalue weighted by molar-refractivity contribution is 7.98. The SMILES string of the molecule is c1ccc(ON=NSC2CCCCC2)cc1. The molecule has 86 valence electrons. The molecule has 0 aliphatic heterocycles. The normalized spacial score (nSPS) is 17.8.